The SMILES string of the molecule is CCOC(=O)C(CNC(=O)C1CC12CCNCC2)c1ccccc1.Cl. The predicted molar refractivity (Wildman–Crippen MR) is 98.7 cm³/mol. The van der Waals surface area contributed by atoms with Gasteiger partial charge in [-0.1, -0.05) is 30.3 Å². The molecule has 0 radical (unpaired) electrons. The third-order valence-corrected chi connectivity index (χ3v) is 5.36. The molecule has 6 heteroatoms. The van der Waals surface area contributed by atoms with Gasteiger partial charge in [0, 0.05) is 12.5 Å². The number of rotatable bonds is 6. The summed E-state index contributed by atoms with van der Waals surface area (Å²) in [4.78, 5) is 24.8. The zero-order valence-corrected chi connectivity index (χ0v) is 15.4. The lowest BCUT2D eigenvalue weighted by Crippen LogP contribution is -2.36. The predicted octanol–water partition coefficient (Wildman–Crippen LogP) is 2.26. The molecule has 5 nitrogen and oxygen atoms in total. The standard InChI is InChI=1S/C19H26N2O3.ClH/c1-2-24-18(23)15(14-6-4-3-5-7-14)13-21-17(22)16-12-19(16)8-10-20-11-9-19;/h3-7,15-16,20H,2,8-13H2,1H3,(H,21,22);1H. The van der Waals surface area contributed by atoms with Crippen LogP contribution in [-0.4, -0.2) is 38.1 Å². The van der Waals surface area contributed by atoms with Crippen molar-refractivity contribution in [3.63, 3.8) is 0 Å². The molecule has 3 rings (SSSR count). The summed E-state index contributed by atoms with van der Waals surface area (Å²) in [5.74, 6) is -0.533. The number of halogens is 1. The molecule has 1 saturated heterocycles. The Labute approximate surface area is 155 Å². The van der Waals surface area contributed by atoms with Crippen LogP contribution < -0.4 is 10.6 Å². The Kier molecular flexibility index (Phi) is 6.85. The fraction of sp³-hybridized carbons (Fsp3) is 0.579. The van der Waals surface area contributed by atoms with E-state index in [4.69, 9.17) is 4.74 Å². The van der Waals surface area contributed by atoms with Gasteiger partial charge >= 0.3 is 5.97 Å². The molecule has 1 aromatic carbocycles. The molecule has 0 bridgehead atoms. The molecule has 1 aromatic rings. The van der Waals surface area contributed by atoms with Crippen molar-refractivity contribution in [2.45, 2.75) is 32.1 Å². The van der Waals surface area contributed by atoms with E-state index in [0.29, 0.717) is 13.2 Å². The van der Waals surface area contributed by atoms with Gasteiger partial charge in [0.25, 0.3) is 0 Å². The van der Waals surface area contributed by atoms with Crippen molar-refractivity contribution in [2.24, 2.45) is 11.3 Å². The van der Waals surface area contributed by atoms with Crippen molar-refractivity contribution >= 4 is 24.3 Å². The molecule has 138 valence electrons. The molecule has 0 aromatic heterocycles. The van der Waals surface area contributed by atoms with Crippen LogP contribution in [0.3, 0.4) is 0 Å². The second-order valence-electron chi connectivity index (χ2n) is 6.83. The van der Waals surface area contributed by atoms with Gasteiger partial charge in [0.05, 0.1) is 12.5 Å². The van der Waals surface area contributed by atoms with Crippen LogP contribution in [0, 0.1) is 11.3 Å². The number of hydrogen-bond donors (Lipinski definition) is 2. The smallest absolute Gasteiger partial charge is 0.315 e. The first kappa shape index (κ1) is 19.7. The summed E-state index contributed by atoms with van der Waals surface area (Å²) in [6.07, 6.45) is 3.13. The van der Waals surface area contributed by atoms with Crippen molar-refractivity contribution in [3.8, 4) is 0 Å². The second kappa shape index (κ2) is 8.68. The number of nitrogens with one attached hydrogen (secondary N) is 2. The van der Waals surface area contributed by atoms with E-state index in [-0.39, 0.29) is 35.6 Å². The summed E-state index contributed by atoms with van der Waals surface area (Å²) in [6, 6.07) is 9.51. The summed E-state index contributed by atoms with van der Waals surface area (Å²) in [5.41, 5.74) is 1.09. The number of esters is 1. The van der Waals surface area contributed by atoms with Gasteiger partial charge in [-0.15, -0.1) is 12.4 Å². The molecule has 2 atom stereocenters. The highest BCUT2D eigenvalue weighted by Gasteiger charge is 2.57. The summed E-state index contributed by atoms with van der Waals surface area (Å²) in [6.45, 7) is 4.43. The Morgan fingerprint density at radius 3 is 2.60 bits per heavy atom. The van der Waals surface area contributed by atoms with Gasteiger partial charge in [-0.2, -0.15) is 0 Å². The molecule has 1 amide bonds. The zero-order valence-electron chi connectivity index (χ0n) is 14.6. The lowest BCUT2D eigenvalue weighted by atomic mass is 9.91. The summed E-state index contributed by atoms with van der Waals surface area (Å²) in [5, 5.41) is 6.34. The average molecular weight is 367 g/mol. The molecule has 2 N–H and O–H groups in total. The minimum atomic E-state index is -0.446. The van der Waals surface area contributed by atoms with Gasteiger partial charge in [-0.3, -0.25) is 9.59 Å². The molecule has 1 heterocycles. The summed E-state index contributed by atoms with van der Waals surface area (Å²) >= 11 is 0. The van der Waals surface area contributed by atoms with Gasteiger partial charge in [0.15, 0.2) is 0 Å². The van der Waals surface area contributed by atoms with Gasteiger partial charge in [-0.25, -0.2) is 0 Å². The molecule has 1 aliphatic heterocycles. The fourth-order valence-corrected chi connectivity index (χ4v) is 3.79. The third-order valence-electron chi connectivity index (χ3n) is 5.36. The lowest BCUT2D eigenvalue weighted by molar-refractivity contribution is -0.144. The highest BCUT2D eigenvalue weighted by Crippen LogP contribution is 2.58. The molecule has 1 aliphatic carbocycles. The van der Waals surface area contributed by atoms with E-state index < -0.39 is 5.92 Å². The number of carbonyl (C=O) groups excluding carboxylic acids is 2. The lowest BCUT2D eigenvalue weighted by Gasteiger charge is -2.23. The molecule has 2 aliphatic rings. The van der Waals surface area contributed by atoms with Crippen molar-refractivity contribution in [1.82, 2.24) is 10.6 Å². The molecule has 2 unspecified atom stereocenters. The fourth-order valence-electron chi connectivity index (χ4n) is 3.79. The van der Waals surface area contributed by atoms with Crippen molar-refractivity contribution < 1.29 is 14.3 Å². The molecular formula is C19H27ClN2O3. The van der Waals surface area contributed by atoms with Gasteiger partial charge in [0.2, 0.25) is 5.91 Å². The number of amides is 1. The first-order valence-corrected chi connectivity index (χ1v) is 8.86. The van der Waals surface area contributed by atoms with Crippen LogP contribution >= 0.6 is 12.4 Å². The van der Waals surface area contributed by atoms with Crippen LogP contribution in [-0.2, 0) is 14.3 Å². The van der Waals surface area contributed by atoms with E-state index >= 15 is 0 Å². The summed E-state index contributed by atoms with van der Waals surface area (Å²) < 4.78 is 5.18. The van der Waals surface area contributed by atoms with Gasteiger partial charge in [0.1, 0.15) is 0 Å². The number of hydrogen-bond acceptors (Lipinski definition) is 4. The highest BCUT2D eigenvalue weighted by molar-refractivity contribution is 5.85. The normalized spacial score (nSPS) is 21.7. The number of piperidine rings is 1. The number of benzene rings is 1. The quantitative estimate of drug-likeness (QED) is 0.758. The maximum Gasteiger partial charge on any atom is 0.315 e. The number of carbonyl (C=O) groups is 2. The monoisotopic (exact) mass is 366 g/mol. The highest BCUT2D eigenvalue weighted by atomic mass is 35.5. The van der Waals surface area contributed by atoms with Crippen LogP contribution in [0.5, 0.6) is 0 Å². The van der Waals surface area contributed by atoms with Gasteiger partial charge in [-0.05, 0) is 50.3 Å². The molecule has 1 spiro atoms. The zero-order chi connectivity index (χ0) is 17.0. The van der Waals surface area contributed by atoms with Crippen molar-refractivity contribution in [3.05, 3.63) is 35.9 Å². The average Bonchev–Trinajstić information content (AvgIpc) is 3.30. The second-order valence-corrected chi connectivity index (χ2v) is 6.83. The van der Waals surface area contributed by atoms with Crippen LogP contribution in [0.15, 0.2) is 30.3 Å². The Morgan fingerprint density at radius 2 is 1.96 bits per heavy atom. The van der Waals surface area contributed by atoms with Crippen LogP contribution in [0.2, 0.25) is 0 Å². The molecule has 2 fully saturated rings. The third kappa shape index (κ3) is 4.53. The maximum absolute atomic E-state index is 12.5. The molecule has 1 saturated carbocycles. The summed E-state index contributed by atoms with van der Waals surface area (Å²) in [7, 11) is 0. The van der Waals surface area contributed by atoms with E-state index in [1.54, 1.807) is 6.92 Å². The van der Waals surface area contributed by atoms with Crippen molar-refractivity contribution in [2.75, 3.05) is 26.2 Å². The van der Waals surface area contributed by atoms with E-state index in [9.17, 15) is 9.59 Å². The van der Waals surface area contributed by atoms with Gasteiger partial charge < -0.3 is 15.4 Å². The Bertz CT molecular complexity index is 588. The maximum atomic E-state index is 12.5. The van der Waals surface area contributed by atoms with Crippen LogP contribution in [0.4, 0.5) is 0 Å². The number of ether oxygens (including phenoxy) is 1. The van der Waals surface area contributed by atoms with Crippen LogP contribution in [0.25, 0.3) is 0 Å². The van der Waals surface area contributed by atoms with E-state index in [0.717, 1.165) is 37.9 Å². The minimum Gasteiger partial charge on any atom is -0.465 e. The Hall–Kier alpha value is -1.59. The molecule has 25 heavy (non-hydrogen) atoms. The van der Waals surface area contributed by atoms with Crippen LogP contribution in [0.1, 0.15) is 37.7 Å². The Balaban J connectivity index is 0.00000225. The molecular weight excluding hydrogens is 340 g/mol. The largest absolute Gasteiger partial charge is 0.465 e. The topological polar surface area (TPSA) is 67.4 Å². The first-order chi connectivity index (χ1) is 11.7. The first-order valence-electron chi connectivity index (χ1n) is 8.86. The van der Waals surface area contributed by atoms with E-state index in [1.165, 1.54) is 0 Å². The minimum absolute atomic E-state index is 0. The van der Waals surface area contributed by atoms with E-state index in [2.05, 4.69) is 10.6 Å². The Morgan fingerprint density at radius 1 is 1.28 bits per heavy atom. The van der Waals surface area contributed by atoms with E-state index in [1.807, 2.05) is 30.3 Å². The van der Waals surface area contributed by atoms with Crippen molar-refractivity contribution in [1.29, 1.82) is 0 Å².